The zero-order chi connectivity index (χ0) is 11.5. The van der Waals surface area contributed by atoms with E-state index in [2.05, 4.69) is 6.92 Å². The van der Waals surface area contributed by atoms with E-state index in [1.807, 2.05) is 0 Å². The Balaban J connectivity index is 2.77. The van der Waals surface area contributed by atoms with Gasteiger partial charge in [-0.25, -0.2) is 0 Å². The molecule has 1 rings (SSSR count). The molecular formula is C11H18O4. The summed E-state index contributed by atoms with van der Waals surface area (Å²) in [7, 11) is 1.32. The molecule has 0 spiro atoms. The van der Waals surface area contributed by atoms with Gasteiger partial charge in [0.2, 0.25) is 0 Å². The monoisotopic (exact) mass is 214 g/mol. The maximum Gasteiger partial charge on any atom is 0.312 e. The topological polar surface area (TPSA) is 63.6 Å². The first-order valence-electron chi connectivity index (χ1n) is 5.30. The summed E-state index contributed by atoms with van der Waals surface area (Å²) in [5.41, 5.74) is -0.771. The summed E-state index contributed by atoms with van der Waals surface area (Å²) in [6, 6.07) is 0. The summed E-state index contributed by atoms with van der Waals surface area (Å²) in [6.07, 6.45) is 2.97. The molecule has 0 aromatic rings. The Hall–Kier alpha value is -1.06. The van der Waals surface area contributed by atoms with E-state index in [4.69, 9.17) is 9.84 Å². The summed E-state index contributed by atoms with van der Waals surface area (Å²) < 4.78 is 4.73. The average Bonchev–Trinajstić information content (AvgIpc) is 2.20. The zero-order valence-corrected chi connectivity index (χ0v) is 9.28. The van der Waals surface area contributed by atoms with Crippen molar-refractivity contribution in [3.63, 3.8) is 0 Å². The Morgan fingerprint density at radius 2 is 1.93 bits per heavy atom. The van der Waals surface area contributed by atoms with Crippen molar-refractivity contribution in [3.05, 3.63) is 0 Å². The molecule has 86 valence electrons. The molecule has 0 radical (unpaired) electrons. The molecule has 1 saturated carbocycles. The first kappa shape index (κ1) is 12.0. The Bertz CT molecular complexity index is 251. The van der Waals surface area contributed by atoms with E-state index >= 15 is 0 Å². The number of rotatable bonds is 3. The van der Waals surface area contributed by atoms with Crippen LogP contribution in [0, 0.1) is 11.3 Å². The highest BCUT2D eigenvalue weighted by atomic mass is 16.5. The van der Waals surface area contributed by atoms with Crippen LogP contribution in [0.2, 0.25) is 0 Å². The maximum atomic E-state index is 11.6. The predicted molar refractivity (Wildman–Crippen MR) is 54.3 cm³/mol. The minimum Gasteiger partial charge on any atom is -0.481 e. The van der Waals surface area contributed by atoms with Crippen LogP contribution < -0.4 is 0 Å². The summed E-state index contributed by atoms with van der Waals surface area (Å²) in [4.78, 5) is 22.4. The van der Waals surface area contributed by atoms with Crippen molar-refractivity contribution in [1.29, 1.82) is 0 Å². The van der Waals surface area contributed by atoms with Crippen LogP contribution in [-0.4, -0.2) is 24.2 Å². The molecule has 1 aliphatic rings. The van der Waals surface area contributed by atoms with Gasteiger partial charge in [0.15, 0.2) is 0 Å². The third-order valence-corrected chi connectivity index (χ3v) is 3.34. The molecule has 1 fully saturated rings. The molecule has 4 nitrogen and oxygen atoms in total. The number of methoxy groups -OCH3 is 1. The molecule has 0 unspecified atom stereocenters. The van der Waals surface area contributed by atoms with Gasteiger partial charge in [0, 0.05) is 0 Å². The third kappa shape index (κ3) is 2.70. The second kappa shape index (κ2) is 4.64. The van der Waals surface area contributed by atoms with Crippen LogP contribution in [0.3, 0.4) is 0 Å². The molecule has 0 bridgehead atoms. The van der Waals surface area contributed by atoms with Gasteiger partial charge in [-0.15, -0.1) is 0 Å². The second-order valence-corrected chi connectivity index (χ2v) is 4.52. The van der Waals surface area contributed by atoms with E-state index in [-0.39, 0.29) is 12.4 Å². The molecular weight excluding hydrogens is 196 g/mol. The Labute approximate surface area is 89.6 Å². The van der Waals surface area contributed by atoms with Gasteiger partial charge in [-0.1, -0.05) is 6.92 Å². The first-order chi connectivity index (χ1) is 7.00. The molecule has 0 aliphatic heterocycles. The number of carbonyl (C=O) groups is 2. The molecule has 0 aromatic carbocycles. The van der Waals surface area contributed by atoms with Crippen molar-refractivity contribution in [2.45, 2.75) is 39.0 Å². The summed E-state index contributed by atoms with van der Waals surface area (Å²) in [6.45, 7) is 2.13. The van der Waals surface area contributed by atoms with Gasteiger partial charge in [0.05, 0.1) is 18.9 Å². The smallest absolute Gasteiger partial charge is 0.312 e. The fourth-order valence-corrected chi connectivity index (χ4v) is 2.27. The van der Waals surface area contributed by atoms with Crippen LogP contribution in [-0.2, 0) is 14.3 Å². The number of hydrogen-bond acceptors (Lipinski definition) is 3. The SMILES string of the molecule is COC(=O)C1(CC(=O)O)CCC(C)CC1. The highest BCUT2D eigenvalue weighted by Crippen LogP contribution is 2.42. The largest absolute Gasteiger partial charge is 0.481 e. The number of ether oxygens (including phenoxy) is 1. The fourth-order valence-electron chi connectivity index (χ4n) is 2.27. The van der Waals surface area contributed by atoms with Crippen LogP contribution in [0.1, 0.15) is 39.0 Å². The maximum absolute atomic E-state index is 11.6. The van der Waals surface area contributed by atoms with Crippen molar-refractivity contribution >= 4 is 11.9 Å². The molecule has 0 saturated heterocycles. The van der Waals surface area contributed by atoms with E-state index in [0.717, 1.165) is 12.8 Å². The van der Waals surface area contributed by atoms with Crippen LogP contribution in [0.4, 0.5) is 0 Å². The first-order valence-corrected chi connectivity index (χ1v) is 5.30. The van der Waals surface area contributed by atoms with Crippen LogP contribution in [0.25, 0.3) is 0 Å². The molecule has 1 aliphatic carbocycles. The van der Waals surface area contributed by atoms with E-state index in [0.29, 0.717) is 18.8 Å². The summed E-state index contributed by atoms with van der Waals surface area (Å²) >= 11 is 0. The second-order valence-electron chi connectivity index (χ2n) is 4.52. The van der Waals surface area contributed by atoms with Gasteiger partial charge in [-0.05, 0) is 31.6 Å². The summed E-state index contributed by atoms with van der Waals surface area (Å²) in [5, 5.41) is 8.83. The zero-order valence-electron chi connectivity index (χ0n) is 9.28. The molecule has 0 atom stereocenters. The number of hydrogen-bond donors (Lipinski definition) is 1. The lowest BCUT2D eigenvalue weighted by Crippen LogP contribution is -2.38. The lowest BCUT2D eigenvalue weighted by Gasteiger charge is -2.35. The Kier molecular flexibility index (Phi) is 3.72. The highest BCUT2D eigenvalue weighted by molar-refractivity contribution is 5.82. The van der Waals surface area contributed by atoms with Gasteiger partial charge >= 0.3 is 11.9 Å². The van der Waals surface area contributed by atoms with E-state index in [9.17, 15) is 9.59 Å². The quantitative estimate of drug-likeness (QED) is 0.728. The third-order valence-electron chi connectivity index (χ3n) is 3.34. The van der Waals surface area contributed by atoms with Crippen molar-refractivity contribution < 1.29 is 19.4 Å². The summed E-state index contributed by atoms with van der Waals surface area (Å²) in [5.74, 6) is -0.705. The van der Waals surface area contributed by atoms with Crippen molar-refractivity contribution in [3.8, 4) is 0 Å². The Morgan fingerprint density at radius 1 is 1.40 bits per heavy atom. The van der Waals surface area contributed by atoms with Crippen molar-refractivity contribution in [2.24, 2.45) is 11.3 Å². The van der Waals surface area contributed by atoms with Gasteiger partial charge in [0.25, 0.3) is 0 Å². The standard InChI is InChI=1S/C11H18O4/c1-8-3-5-11(6-4-8,7-9(12)13)10(14)15-2/h8H,3-7H2,1-2H3,(H,12,13). The molecule has 0 heterocycles. The highest BCUT2D eigenvalue weighted by Gasteiger charge is 2.43. The van der Waals surface area contributed by atoms with Gasteiger partial charge in [0.1, 0.15) is 0 Å². The number of carbonyl (C=O) groups excluding carboxylic acids is 1. The normalized spacial score (nSPS) is 30.9. The fraction of sp³-hybridized carbons (Fsp3) is 0.818. The number of carboxylic acids is 1. The molecule has 15 heavy (non-hydrogen) atoms. The number of carboxylic acid groups (broad SMARTS) is 1. The molecule has 4 heteroatoms. The van der Waals surface area contributed by atoms with Crippen LogP contribution in [0.5, 0.6) is 0 Å². The van der Waals surface area contributed by atoms with Gasteiger partial charge in [-0.2, -0.15) is 0 Å². The molecule has 0 aromatic heterocycles. The van der Waals surface area contributed by atoms with Gasteiger partial charge < -0.3 is 9.84 Å². The molecule has 0 amide bonds. The number of aliphatic carboxylic acids is 1. The van der Waals surface area contributed by atoms with Crippen molar-refractivity contribution in [2.75, 3.05) is 7.11 Å². The molecule has 1 N–H and O–H groups in total. The minimum atomic E-state index is -0.921. The minimum absolute atomic E-state index is 0.105. The van der Waals surface area contributed by atoms with Gasteiger partial charge in [-0.3, -0.25) is 9.59 Å². The average molecular weight is 214 g/mol. The van der Waals surface area contributed by atoms with E-state index in [1.54, 1.807) is 0 Å². The lowest BCUT2D eigenvalue weighted by molar-refractivity contribution is -0.161. The van der Waals surface area contributed by atoms with Crippen LogP contribution >= 0.6 is 0 Å². The van der Waals surface area contributed by atoms with E-state index in [1.165, 1.54) is 7.11 Å². The predicted octanol–water partition coefficient (Wildman–Crippen LogP) is 1.83. The van der Waals surface area contributed by atoms with Crippen molar-refractivity contribution in [1.82, 2.24) is 0 Å². The number of esters is 1. The van der Waals surface area contributed by atoms with Crippen LogP contribution in [0.15, 0.2) is 0 Å². The Morgan fingerprint density at radius 3 is 2.33 bits per heavy atom. The van der Waals surface area contributed by atoms with E-state index < -0.39 is 11.4 Å². The lowest BCUT2D eigenvalue weighted by atomic mass is 9.69.